The third kappa shape index (κ3) is 9.27. The van der Waals surface area contributed by atoms with Gasteiger partial charge in [-0.1, -0.05) is 26.0 Å². The molecule has 0 aromatic heterocycles. The first-order valence-electron chi connectivity index (χ1n) is 16.1. The van der Waals surface area contributed by atoms with Crippen molar-refractivity contribution in [2.24, 2.45) is 11.8 Å². The molecule has 13 nitrogen and oxygen atoms in total. The maximum Gasteiger partial charge on any atom is 0.407 e. The molecule has 2 saturated heterocycles. The van der Waals surface area contributed by atoms with Crippen molar-refractivity contribution in [1.29, 1.82) is 0 Å². The SMILES string of the molecule is CC(C)CN(C[C@@H](O)[C@H](Cc1ccc(OCCCN(C)C)cc1)NC(=O)OC1COC2OCCC12)S(=O)(=O)c1ccc2c(c1)OCO2. The molecule has 3 heterocycles. The van der Waals surface area contributed by atoms with E-state index >= 15 is 0 Å². The van der Waals surface area contributed by atoms with Crippen molar-refractivity contribution in [3.05, 3.63) is 48.0 Å². The molecular formula is C33H47N3O10S. The molecule has 260 valence electrons. The Morgan fingerprint density at radius 3 is 2.57 bits per heavy atom. The van der Waals surface area contributed by atoms with Crippen molar-refractivity contribution in [3.63, 3.8) is 0 Å². The lowest BCUT2D eigenvalue weighted by Gasteiger charge is -2.31. The first-order valence-corrected chi connectivity index (χ1v) is 17.6. The molecule has 2 aromatic rings. The first-order chi connectivity index (χ1) is 22.5. The average Bonchev–Trinajstić information content (AvgIpc) is 3.78. The van der Waals surface area contributed by atoms with Crippen molar-refractivity contribution in [3.8, 4) is 17.2 Å². The third-order valence-electron chi connectivity index (χ3n) is 8.35. The summed E-state index contributed by atoms with van der Waals surface area (Å²) >= 11 is 0. The van der Waals surface area contributed by atoms with Crippen molar-refractivity contribution in [2.75, 3.05) is 60.3 Å². The Bertz CT molecular complexity index is 1440. The van der Waals surface area contributed by atoms with Gasteiger partial charge in [-0.05, 0) is 69.1 Å². The fraction of sp³-hybridized carbons (Fsp3) is 0.606. The number of carbonyl (C=O) groups excluding carboxylic acids is 1. The molecular weight excluding hydrogens is 630 g/mol. The zero-order chi connectivity index (χ0) is 33.6. The molecule has 14 heteroatoms. The largest absolute Gasteiger partial charge is 0.494 e. The highest BCUT2D eigenvalue weighted by Gasteiger charge is 2.44. The van der Waals surface area contributed by atoms with E-state index < -0.39 is 34.4 Å². The minimum atomic E-state index is -4.05. The van der Waals surface area contributed by atoms with E-state index in [4.69, 9.17) is 28.4 Å². The lowest BCUT2D eigenvalue weighted by molar-refractivity contribution is -0.0907. The van der Waals surface area contributed by atoms with Crippen LogP contribution in [0.1, 0.15) is 32.3 Å². The van der Waals surface area contributed by atoms with Gasteiger partial charge < -0.3 is 43.7 Å². The second-order valence-electron chi connectivity index (χ2n) is 12.9. The summed E-state index contributed by atoms with van der Waals surface area (Å²) in [6, 6.07) is 11.0. The summed E-state index contributed by atoms with van der Waals surface area (Å²) in [5.41, 5.74) is 0.817. The lowest BCUT2D eigenvalue weighted by atomic mass is 10.0. The van der Waals surface area contributed by atoms with Gasteiger partial charge in [-0.3, -0.25) is 0 Å². The molecule has 0 saturated carbocycles. The van der Waals surface area contributed by atoms with Gasteiger partial charge in [0, 0.05) is 25.7 Å². The molecule has 3 aliphatic heterocycles. The second kappa shape index (κ2) is 15.8. The summed E-state index contributed by atoms with van der Waals surface area (Å²) in [4.78, 5) is 15.3. The quantitative estimate of drug-likeness (QED) is 0.253. The molecule has 3 aliphatic rings. The van der Waals surface area contributed by atoms with Gasteiger partial charge in [-0.15, -0.1) is 0 Å². The van der Waals surface area contributed by atoms with E-state index in [0.29, 0.717) is 30.5 Å². The van der Waals surface area contributed by atoms with Crippen LogP contribution in [0.15, 0.2) is 47.4 Å². The average molecular weight is 678 g/mol. The molecule has 5 atom stereocenters. The zero-order valence-corrected chi connectivity index (χ0v) is 28.3. The standard InChI is InChI=1S/C33H47N3O10S/c1-22(2)18-36(47(39,40)25-10-11-29-30(17-25)45-21-44-29)19-28(37)27(34-33(38)46-31-20-43-32-26(31)12-15-42-32)16-23-6-8-24(9-7-23)41-14-5-13-35(3)4/h6-11,17,22,26-28,31-32,37H,5,12-16,18-21H2,1-4H3,(H,34,38)/t26?,27-,28+,31?,32?/m0/s1. The molecule has 0 bridgehead atoms. The van der Waals surface area contributed by atoms with Gasteiger partial charge in [-0.25, -0.2) is 13.2 Å². The summed E-state index contributed by atoms with van der Waals surface area (Å²) in [6.45, 7) is 5.95. The number of carbonyl (C=O) groups is 1. The van der Waals surface area contributed by atoms with Crippen LogP contribution in [0, 0.1) is 11.8 Å². The van der Waals surface area contributed by atoms with E-state index in [0.717, 1.165) is 24.9 Å². The second-order valence-corrected chi connectivity index (χ2v) is 14.8. The predicted octanol–water partition coefficient (Wildman–Crippen LogP) is 2.85. The maximum absolute atomic E-state index is 13.9. The summed E-state index contributed by atoms with van der Waals surface area (Å²) in [5.74, 6) is 1.42. The predicted molar refractivity (Wildman–Crippen MR) is 172 cm³/mol. The highest BCUT2D eigenvalue weighted by Crippen LogP contribution is 2.35. The summed E-state index contributed by atoms with van der Waals surface area (Å²) in [7, 11) is -0.0273. The number of hydrogen-bond acceptors (Lipinski definition) is 11. The van der Waals surface area contributed by atoms with Crippen LogP contribution >= 0.6 is 0 Å². The first kappa shape index (κ1) is 35.2. The van der Waals surface area contributed by atoms with E-state index in [9.17, 15) is 18.3 Å². The monoisotopic (exact) mass is 677 g/mol. The Balaban J connectivity index is 1.31. The number of sulfonamides is 1. The van der Waals surface area contributed by atoms with Crippen LogP contribution in [0.3, 0.4) is 0 Å². The molecule has 0 radical (unpaired) electrons. The van der Waals surface area contributed by atoms with Crippen LogP contribution < -0.4 is 19.5 Å². The number of ether oxygens (including phenoxy) is 6. The van der Waals surface area contributed by atoms with Gasteiger partial charge in [0.25, 0.3) is 0 Å². The van der Waals surface area contributed by atoms with Crippen molar-refractivity contribution < 1.29 is 46.7 Å². The topological polar surface area (TPSA) is 145 Å². The third-order valence-corrected chi connectivity index (χ3v) is 10.2. The Kier molecular flexibility index (Phi) is 11.9. The molecule has 47 heavy (non-hydrogen) atoms. The van der Waals surface area contributed by atoms with E-state index in [-0.39, 0.29) is 55.9 Å². The molecule has 0 spiro atoms. The molecule has 3 unspecified atom stereocenters. The van der Waals surface area contributed by atoms with Gasteiger partial charge in [0.15, 0.2) is 17.8 Å². The number of nitrogens with one attached hydrogen (secondary N) is 1. The van der Waals surface area contributed by atoms with Crippen LogP contribution in [0.25, 0.3) is 0 Å². The molecule has 2 aromatic carbocycles. The van der Waals surface area contributed by atoms with E-state index in [1.165, 1.54) is 16.4 Å². The van der Waals surface area contributed by atoms with Gasteiger partial charge >= 0.3 is 6.09 Å². The molecule has 2 fully saturated rings. The number of alkyl carbamates (subject to hydrolysis) is 1. The summed E-state index contributed by atoms with van der Waals surface area (Å²) < 4.78 is 62.5. The number of amides is 1. The van der Waals surface area contributed by atoms with Crippen LogP contribution in [-0.2, 0) is 30.7 Å². The van der Waals surface area contributed by atoms with Crippen LogP contribution in [0.2, 0.25) is 0 Å². The van der Waals surface area contributed by atoms with Gasteiger partial charge in [0.05, 0.1) is 42.8 Å². The van der Waals surface area contributed by atoms with Gasteiger partial charge in [-0.2, -0.15) is 4.31 Å². The number of fused-ring (bicyclic) bond motifs is 2. The van der Waals surface area contributed by atoms with E-state index in [1.807, 2.05) is 52.2 Å². The summed E-state index contributed by atoms with van der Waals surface area (Å²) in [5, 5.41) is 14.4. The van der Waals surface area contributed by atoms with Gasteiger partial charge in [0.2, 0.25) is 16.8 Å². The molecule has 1 amide bonds. The van der Waals surface area contributed by atoms with Gasteiger partial charge in [0.1, 0.15) is 11.9 Å². The fourth-order valence-corrected chi connectivity index (χ4v) is 7.54. The maximum atomic E-state index is 13.9. The van der Waals surface area contributed by atoms with Crippen molar-refractivity contribution >= 4 is 16.1 Å². The fourth-order valence-electron chi connectivity index (χ4n) is 5.90. The number of aliphatic hydroxyl groups excluding tert-OH is 1. The van der Waals surface area contributed by atoms with E-state index in [1.54, 1.807) is 6.07 Å². The smallest absolute Gasteiger partial charge is 0.407 e. The molecule has 5 rings (SSSR count). The highest BCUT2D eigenvalue weighted by atomic mass is 32.2. The molecule has 0 aliphatic carbocycles. The number of rotatable bonds is 16. The molecule has 2 N–H and O–H groups in total. The minimum absolute atomic E-state index is 0.0155. The Morgan fingerprint density at radius 2 is 1.83 bits per heavy atom. The number of hydrogen-bond donors (Lipinski definition) is 2. The van der Waals surface area contributed by atoms with E-state index in [2.05, 4.69) is 10.2 Å². The highest BCUT2D eigenvalue weighted by molar-refractivity contribution is 7.89. The Morgan fingerprint density at radius 1 is 1.06 bits per heavy atom. The normalized spacial score (nSPS) is 21.7. The van der Waals surface area contributed by atoms with Crippen LogP contribution in [0.5, 0.6) is 17.2 Å². The number of nitrogens with zero attached hydrogens (tertiary/aromatic N) is 2. The number of benzene rings is 2. The van der Waals surface area contributed by atoms with Crippen molar-refractivity contribution in [1.82, 2.24) is 14.5 Å². The van der Waals surface area contributed by atoms with Crippen LogP contribution in [-0.4, -0.2) is 114 Å². The lowest BCUT2D eigenvalue weighted by Crippen LogP contribution is -2.51. The Labute approximate surface area is 277 Å². The zero-order valence-electron chi connectivity index (χ0n) is 27.5. The Hall–Kier alpha value is -3.14. The van der Waals surface area contributed by atoms with Crippen molar-refractivity contribution in [2.45, 2.75) is 62.5 Å². The minimum Gasteiger partial charge on any atom is -0.494 e. The number of aliphatic hydroxyl groups is 1. The van der Waals surface area contributed by atoms with Crippen LogP contribution in [0.4, 0.5) is 4.79 Å². The summed E-state index contributed by atoms with van der Waals surface area (Å²) in [6.07, 6.45) is -1.04.